The lowest BCUT2D eigenvalue weighted by atomic mass is 10.1. The largest absolute Gasteiger partial charge is 0.388 e. The highest BCUT2D eigenvalue weighted by Gasteiger charge is 2.08. The maximum absolute atomic E-state index is 10.5. The second-order valence-corrected chi connectivity index (χ2v) is 3.55. The van der Waals surface area contributed by atoms with E-state index >= 15 is 0 Å². The number of hydrogen-bond donors (Lipinski definition) is 1. The average molecular weight is 233 g/mol. The standard InChI is InChI=1S/C13H15NO3/c1-2-3-4-5-6-13(15)11-7-9-12(10-8-11)14(16)17/h2-5,7-10,13,15H,6H2,1H3/b3-2+,5-4+. The summed E-state index contributed by atoms with van der Waals surface area (Å²) in [5.74, 6) is 0. The van der Waals surface area contributed by atoms with Crippen molar-refractivity contribution in [2.24, 2.45) is 0 Å². The zero-order valence-electron chi connectivity index (χ0n) is 9.61. The van der Waals surface area contributed by atoms with Crippen LogP contribution in [0, 0.1) is 10.1 Å². The molecule has 0 amide bonds. The Morgan fingerprint density at radius 1 is 1.35 bits per heavy atom. The third-order valence-corrected chi connectivity index (χ3v) is 2.29. The number of nitro groups is 1. The van der Waals surface area contributed by atoms with Gasteiger partial charge in [0.2, 0.25) is 0 Å². The molecule has 1 atom stereocenters. The van der Waals surface area contributed by atoms with Gasteiger partial charge in [-0.25, -0.2) is 0 Å². The molecule has 1 aromatic rings. The number of nitro benzene ring substituents is 1. The van der Waals surface area contributed by atoms with E-state index in [2.05, 4.69) is 0 Å². The molecule has 0 aliphatic carbocycles. The molecule has 90 valence electrons. The number of benzene rings is 1. The molecule has 0 aromatic heterocycles. The Labute approximate surface area is 100 Å². The highest BCUT2D eigenvalue weighted by Crippen LogP contribution is 2.20. The normalized spacial score (nSPS) is 13.3. The van der Waals surface area contributed by atoms with Crippen LogP contribution in [0.5, 0.6) is 0 Å². The van der Waals surface area contributed by atoms with Crippen LogP contribution in [0.25, 0.3) is 0 Å². The Bertz CT molecular complexity index is 421. The number of aliphatic hydroxyl groups is 1. The van der Waals surface area contributed by atoms with Crippen LogP contribution in [0.4, 0.5) is 5.69 Å². The number of aliphatic hydroxyl groups excluding tert-OH is 1. The van der Waals surface area contributed by atoms with E-state index in [4.69, 9.17) is 0 Å². The van der Waals surface area contributed by atoms with Gasteiger partial charge in [0.15, 0.2) is 0 Å². The quantitative estimate of drug-likeness (QED) is 0.482. The van der Waals surface area contributed by atoms with Crippen molar-refractivity contribution in [1.29, 1.82) is 0 Å². The smallest absolute Gasteiger partial charge is 0.269 e. The van der Waals surface area contributed by atoms with E-state index in [-0.39, 0.29) is 5.69 Å². The van der Waals surface area contributed by atoms with Crippen molar-refractivity contribution in [1.82, 2.24) is 0 Å². The summed E-state index contributed by atoms with van der Waals surface area (Å²) in [6.07, 6.45) is 7.34. The lowest BCUT2D eigenvalue weighted by Crippen LogP contribution is -1.96. The molecule has 1 N–H and O–H groups in total. The Morgan fingerprint density at radius 3 is 2.53 bits per heavy atom. The van der Waals surface area contributed by atoms with Crippen LogP contribution in [0.2, 0.25) is 0 Å². The molecule has 0 radical (unpaired) electrons. The Hall–Kier alpha value is -1.94. The van der Waals surface area contributed by atoms with Crippen LogP contribution in [-0.2, 0) is 0 Å². The van der Waals surface area contributed by atoms with Gasteiger partial charge in [0, 0.05) is 12.1 Å². The van der Waals surface area contributed by atoms with Gasteiger partial charge in [-0.3, -0.25) is 10.1 Å². The molecule has 0 aliphatic rings. The van der Waals surface area contributed by atoms with E-state index in [0.29, 0.717) is 12.0 Å². The first-order valence-corrected chi connectivity index (χ1v) is 5.35. The van der Waals surface area contributed by atoms with E-state index in [0.717, 1.165) is 0 Å². The molecule has 4 nitrogen and oxygen atoms in total. The second kappa shape index (κ2) is 6.60. The van der Waals surface area contributed by atoms with Gasteiger partial charge in [-0.1, -0.05) is 24.3 Å². The zero-order valence-corrected chi connectivity index (χ0v) is 9.61. The molecule has 0 spiro atoms. The fourth-order valence-electron chi connectivity index (χ4n) is 1.35. The van der Waals surface area contributed by atoms with Gasteiger partial charge in [0.05, 0.1) is 11.0 Å². The molecular formula is C13H15NO3. The summed E-state index contributed by atoms with van der Waals surface area (Å²) in [5.41, 5.74) is 0.714. The van der Waals surface area contributed by atoms with Crippen molar-refractivity contribution in [2.45, 2.75) is 19.4 Å². The molecule has 0 saturated carbocycles. The van der Waals surface area contributed by atoms with Crippen LogP contribution in [0.1, 0.15) is 25.0 Å². The van der Waals surface area contributed by atoms with Crippen molar-refractivity contribution < 1.29 is 10.0 Å². The molecule has 0 heterocycles. The summed E-state index contributed by atoms with van der Waals surface area (Å²) < 4.78 is 0. The third kappa shape index (κ3) is 4.20. The fourth-order valence-corrected chi connectivity index (χ4v) is 1.35. The van der Waals surface area contributed by atoms with Crippen LogP contribution in [-0.4, -0.2) is 10.0 Å². The number of hydrogen-bond acceptors (Lipinski definition) is 3. The summed E-state index contributed by atoms with van der Waals surface area (Å²) in [5, 5.41) is 20.3. The van der Waals surface area contributed by atoms with Gasteiger partial charge in [-0.2, -0.15) is 0 Å². The minimum absolute atomic E-state index is 0.0328. The number of non-ortho nitro benzene ring substituents is 1. The molecule has 4 heteroatoms. The summed E-state index contributed by atoms with van der Waals surface area (Å²) in [6, 6.07) is 5.95. The van der Waals surface area contributed by atoms with E-state index in [1.807, 2.05) is 31.2 Å². The first kappa shape index (κ1) is 13.1. The van der Waals surface area contributed by atoms with Crippen molar-refractivity contribution in [3.63, 3.8) is 0 Å². The second-order valence-electron chi connectivity index (χ2n) is 3.55. The minimum atomic E-state index is -0.627. The molecule has 0 saturated heterocycles. The number of nitrogens with zero attached hydrogens (tertiary/aromatic N) is 1. The van der Waals surface area contributed by atoms with Crippen LogP contribution in [0.15, 0.2) is 48.6 Å². The predicted octanol–water partition coefficient (Wildman–Crippen LogP) is 3.15. The molecule has 0 fully saturated rings. The third-order valence-electron chi connectivity index (χ3n) is 2.29. The number of rotatable bonds is 5. The molecule has 17 heavy (non-hydrogen) atoms. The van der Waals surface area contributed by atoms with Crippen LogP contribution >= 0.6 is 0 Å². The topological polar surface area (TPSA) is 63.4 Å². The van der Waals surface area contributed by atoms with E-state index in [1.165, 1.54) is 12.1 Å². The van der Waals surface area contributed by atoms with Gasteiger partial charge in [-0.15, -0.1) is 0 Å². The minimum Gasteiger partial charge on any atom is -0.388 e. The van der Waals surface area contributed by atoms with Gasteiger partial charge in [-0.05, 0) is 31.0 Å². The first-order chi connectivity index (χ1) is 8.15. The highest BCUT2D eigenvalue weighted by molar-refractivity contribution is 5.33. The van der Waals surface area contributed by atoms with Crippen LogP contribution in [0.3, 0.4) is 0 Å². The first-order valence-electron chi connectivity index (χ1n) is 5.35. The summed E-state index contributed by atoms with van der Waals surface area (Å²) in [6.45, 7) is 1.91. The van der Waals surface area contributed by atoms with Crippen molar-refractivity contribution in [2.75, 3.05) is 0 Å². The predicted molar refractivity (Wildman–Crippen MR) is 66.6 cm³/mol. The van der Waals surface area contributed by atoms with E-state index in [1.54, 1.807) is 12.1 Å². The van der Waals surface area contributed by atoms with E-state index < -0.39 is 11.0 Å². The maximum Gasteiger partial charge on any atom is 0.269 e. The molecular weight excluding hydrogens is 218 g/mol. The monoisotopic (exact) mass is 233 g/mol. The molecule has 1 rings (SSSR count). The Kier molecular flexibility index (Phi) is 5.10. The molecule has 0 aliphatic heterocycles. The SMILES string of the molecule is C/C=C/C=C/CC(O)c1ccc([N+](=O)[O-])cc1. The van der Waals surface area contributed by atoms with Crippen LogP contribution < -0.4 is 0 Å². The number of allylic oxidation sites excluding steroid dienone is 3. The van der Waals surface area contributed by atoms with Crippen molar-refractivity contribution in [3.8, 4) is 0 Å². The molecule has 1 unspecified atom stereocenters. The lowest BCUT2D eigenvalue weighted by Gasteiger charge is -2.07. The average Bonchev–Trinajstić information content (AvgIpc) is 2.34. The lowest BCUT2D eigenvalue weighted by molar-refractivity contribution is -0.384. The van der Waals surface area contributed by atoms with Gasteiger partial charge in [0.25, 0.3) is 5.69 Å². The van der Waals surface area contributed by atoms with Crippen molar-refractivity contribution >= 4 is 5.69 Å². The molecule has 1 aromatic carbocycles. The van der Waals surface area contributed by atoms with E-state index in [9.17, 15) is 15.2 Å². The Balaban J connectivity index is 2.63. The Morgan fingerprint density at radius 2 is 2.00 bits per heavy atom. The maximum atomic E-state index is 10.5. The van der Waals surface area contributed by atoms with Crippen molar-refractivity contribution in [3.05, 3.63) is 64.2 Å². The molecule has 0 bridgehead atoms. The summed E-state index contributed by atoms with van der Waals surface area (Å²) >= 11 is 0. The van der Waals surface area contributed by atoms with Gasteiger partial charge < -0.3 is 5.11 Å². The summed E-state index contributed by atoms with van der Waals surface area (Å²) in [7, 11) is 0. The van der Waals surface area contributed by atoms with Gasteiger partial charge in [0.1, 0.15) is 0 Å². The summed E-state index contributed by atoms with van der Waals surface area (Å²) in [4.78, 5) is 9.99. The zero-order chi connectivity index (χ0) is 12.7. The highest BCUT2D eigenvalue weighted by atomic mass is 16.6. The van der Waals surface area contributed by atoms with Gasteiger partial charge >= 0.3 is 0 Å². The fraction of sp³-hybridized carbons (Fsp3) is 0.231.